The third-order valence-electron chi connectivity index (χ3n) is 3.86. The second-order valence-electron chi connectivity index (χ2n) is 5.82. The van der Waals surface area contributed by atoms with Crippen LogP contribution in [0.4, 0.5) is 4.39 Å². The van der Waals surface area contributed by atoms with E-state index in [2.05, 4.69) is 15.4 Å². The van der Waals surface area contributed by atoms with Crippen LogP contribution in [0.3, 0.4) is 0 Å². The average molecular weight is 338 g/mol. The molecule has 0 aliphatic heterocycles. The Kier molecular flexibility index (Phi) is 5.18. The van der Waals surface area contributed by atoms with E-state index in [0.29, 0.717) is 19.4 Å². The number of nitrogens with zero attached hydrogens (tertiary/aromatic N) is 3. The Morgan fingerprint density at radius 2 is 2.04 bits per heavy atom. The summed E-state index contributed by atoms with van der Waals surface area (Å²) in [7, 11) is 1.83. The van der Waals surface area contributed by atoms with Gasteiger partial charge in [-0.1, -0.05) is 6.07 Å². The standard InChI is InChI=1S/C19H19FN4O/c1-24-13-16(19(23-24)15-4-7-17(20)8-5-15)6-9-18(25)22-12-14-3-2-10-21-11-14/h2-5,7-8,10-11,13H,6,9,12H2,1H3,(H,22,25). The molecule has 1 N–H and O–H groups in total. The topological polar surface area (TPSA) is 59.8 Å². The van der Waals surface area contributed by atoms with Gasteiger partial charge in [0.1, 0.15) is 5.82 Å². The number of carbonyl (C=O) groups excluding carboxylic acids is 1. The molecule has 0 aliphatic carbocycles. The number of nitrogens with one attached hydrogen (secondary N) is 1. The molecule has 6 heteroatoms. The molecule has 0 saturated carbocycles. The van der Waals surface area contributed by atoms with Gasteiger partial charge >= 0.3 is 0 Å². The number of benzene rings is 1. The van der Waals surface area contributed by atoms with Crippen LogP contribution in [0.1, 0.15) is 17.5 Å². The lowest BCUT2D eigenvalue weighted by molar-refractivity contribution is -0.121. The zero-order valence-electron chi connectivity index (χ0n) is 13.9. The van der Waals surface area contributed by atoms with Gasteiger partial charge in [0.25, 0.3) is 0 Å². The largest absolute Gasteiger partial charge is 0.352 e. The lowest BCUT2D eigenvalue weighted by atomic mass is 10.0. The summed E-state index contributed by atoms with van der Waals surface area (Å²) in [4.78, 5) is 16.1. The Morgan fingerprint density at radius 1 is 1.24 bits per heavy atom. The van der Waals surface area contributed by atoms with Crippen LogP contribution in [0.15, 0.2) is 55.0 Å². The first-order chi connectivity index (χ1) is 12.1. The van der Waals surface area contributed by atoms with Crippen molar-refractivity contribution in [2.75, 3.05) is 0 Å². The minimum absolute atomic E-state index is 0.0298. The molecule has 0 spiro atoms. The number of halogens is 1. The van der Waals surface area contributed by atoms with Gasteiger partial charge in [-0.3, -0.25) is 14.5 Å². The monoisotopic (exact) mass is 338 g/mol. The van der Waals surface area contributed by atoms with E-state index >= 15 is 0 Å². The summed E-state index contributed by atoms with van der Waals surface area (Å²) in [6.45, 7) is 0.463. The number of hydrogen-bond donors (Lipinski definition) is 1. The highest BCUT2D eigenvalue weighted by Crippen LogP contribution is 2.23. The molecule has 5 nitrogen and oxygen atoms in total. The number of carbonyl (C=O) groups is 1. The van der Waals surface area contributed by atoms with Gasteiger partial charge in [-0.2, -0.15) is 5.10 Å². The lowest BCUT2D eigenvalue weighted by Crippen LogP contribution is -2.23. The molecule has 2 aromatic heterocycles. The molecule has 0 atom stereocenters. The molecule has 3 aromatic rings. The van der Waals surface area contributed by atoms with E-state index in [1.165, 1.54) is 12.1 Å². The zero-order chi connectivity index (χ0) is 17.6. The number of aryl methyl sites for hydroxylation is 2. The Labute approximate surface area is 145 Å². The molecular weight excluding hydrogens is 319 g/mol. The highest BCUT2D eigenvalue weighted by atomic mass is 19.1. The molecule has 2 heterocycles. The van der Waals surface area contributed by atoms with Crippen LogP contribution in [0.5, 0.6) is 0 Å². The maximum atomic E-state index is 13.1. The van der Waals surface area contributed by atoms with Crippen LogP contribution in [0.25, 0.3) is 11.3 Å². The van der Waals surface area contributed by atoms with E-state index in [1.807, 2.05) is 25.4 Å². The van der Waals surface area contributed by atoms with Crippen LogP contribution in [-0.4, -0.2) is 20.7 Å². The molecule has 0 bridgehead atoms. The van der Waals surface area contributed by atoms with E-state index in [4.69, 9.17) is 0 Å². The molecule has 1 aromatic carbocycles. The Morgan fingerprint density at radius 3 is 2.76 bits per heavy atom. The highest BCUT2D eigenvalue weighted by molar-refractivity contribution is 5.76. The minimum atomic E-state index is -0.281. The summed E-state index contributed by atoms with van der Waals surface area (Å²) in [6, 6.07) is 9.98. The number of pyridine rings is 1. The fourth-order valence-corrected chi connectivity index (χ4v) is 2.61. The van der Waals surface area contributed by atoms with E-state index < -0.39 is 0 Å². The summed E-state index contributed by atoms with van der Waals surface area (Å²) in [5.41, 5.74) is 3.55. The van der Waals surface area contributed by atoms with Crippen molar-refractivity contribution in [3.05, 3.63) is 71.9 Å². The molecule has 0 radical (unpaired) electrons. The predicted molar refractivity (Wildman–Crippen MR) is 93.0 cm³/mol. The number of amides is 1. The molecule has 0 saturated heterocycles. The van der Waals surface area contributed by atoms with Crippen molar-refractivity contribution in [1.82, 2.24) is 20.1 Å². The first-order valence-electron chi connectivity index (χ1n) is 8.06. The fraction of sp³-hybridized carbons (Fsp3) is 0.211. The average Bonchev–Trinajstić information content (AvgIpc) is 3.00. The van der Waals surface area contributed by atoms with Gasteiger partial charge in [0.2, 0.25) is 5.91 Å². The number of hydrogen-bond acceptors (Lipinski definition) is 3. The van der Waals surface area contributed by atoms with Gasteiger partial charge in [0, 0.05) is 44.2 Å². The third-order valence-corrected chi connectivity index (χ3v) is 3.86. The first kappa shape index (κ1) is 16.8. The van der Waals surface area contributed by atoms with Crippen LogP contribution < -0.4 is 5.32 Å². The molecule has 25 heavy (non-hydrogen) atoms. The third kappa shape index (κ3) is 4.50. The fourth-order valence-electron chi connectivity index (χ4n) is 2.61. The molecule has 128 valence electrons. The van der Waals surface area contributed by atoms with Crippen molar-refractivity contribution >= 4 is 5.91 Å². The zero-order valence-corrected chi connectivity index (χ0v) is 13.9. The van der Waals surface area contributed by atoms with E-state index in [0.717, 1.165) is 22.4 Å². The van der Waals surface area contributed by atoms with Gasteiger partial charge in [-0.05, 0) is 47.9 Å². The Hall–Kier alpha value is -3.02. The van der Waals surface area contributed by atoms with Crippen molar-refractivity contribution in [2.45, 2.75) is 19.4 Å². The number of aromatic nitrogens is 3. The van der Waals surface area contributed by atoms with Crippen molar-refractivity contribution in [2.24, 2.45) is 7.05 Å². The maximum Gasteiger partial charge on any atom is 0.220 e. The molecule has 1 amide bonds. The van der Waals surface area contributed by atoms with Crippen molar-refractivity contribution < 1.29 is 9.18 Å². The summed E-state index contributed by atoms with van der Waals surface area (Å²) in [5, 5.41) is 7.32. The minimum Gasteiger partial charge on any atom is -0.352 e. The van der Waals surface area contributed by atoms with Gasteiger partial charge in [0.15, 0.2) is 0 Å². The van der Waals surface area contributed by atoms with Gasteiger partial charge in [-0.15, -0.1) is 0 Å². The lowest BCUT2D eigenvalue weighted by Gasteiger charge is -2.05. The predicted octanol–water partition coefficient (Wildman–Crippen LogP) is 2.87. The van der Waals surface area contributed by atoms with E-state index in [1.54, 1.807) is 29.2 Å². The van der Waals surface area contributed by atoms with Crippen LogP contribution in [0.2, 0.25) is 0 Å². The summed E-state index contributed by atoms with van der Waals surface area (Å²) >= 11 is 0. The van der Waals surface area contributed by atoms with Gasteiger partial charge in [-0.25, -0.2) is 4.39 Å². The SMILES string of the molecule is Cn1cc(CCC(=O)NCc2cccnc2)c(-c2ccc(F)cc2)n1. The normalized spacial score (nSPS) is 10.6. The van der Waals surface area contributed by atoms with Gasteiger partial charge < -0.3 is 5.32 Å². The van der Waals surface area contributed by atoms with Crippen molar-refractivity contribution in [1.29, 1.82) is 0 Å². The maximum absolute atomic E-state index is 13.1. The second kappa shape index (κ2) is 7.70. The van der Waals surface area contributed by atoms with Crippen LogP contribution >= 0.6 is 0 Å². The summed E-state index contributed by atoms with van der Waals surface area (Å²) in [6.07, 6.45) is 6.26. The summed E-state index contributed by atoms with van der Waals surface area (Å²) in [5.74, 6) is -0.311. The summed E-state index contributed by atoms with van der Waals surface area (Å²) < 4.78 is 14.8. The second-order valence-corrected chi connectivity index (χ2v) is 5.82. The van der Waals surface area contributed by atoms with Crippen molar-refractivity contribution in [3.8, 4) is 11.3 Å². The van der Waals surface area contributed by atoms with E-state index in [-0.39, 0.29) is 11.7 Å². The van der Waals surface area contributed by atoms with E-state index in [9.17, 15) is 9.18 Å². The molecular formula is C19H19FN4O. The number of rotatable bonds is 6. The molecule has 0 aliphatic rings. The Bertz CT molecular complexity index is 844. The smallest absolute Gasteiger partial charge is 0.220 e. The van der Waals surface area contributed by atoms with Crippen LogP contribution in [0, 0.1) is 5.82 Å². The molecule has 3 rings (SSSR count). The molecule has 0 fully saturated rings. The van der Waals surface area contributed by atoms with Crippen LogP contribution in [-0.2, 0) is 24.8 Å². The Balaban J connectivity index is 1.61. The highest BCUT2D eigenvalue weighted by Gasteiger charge is 2.12. The quantitative estimate of drug-likeness (QED) is 0.752. The first-order valence-corrected chi connectivity index (χ1v) is 8.06. The van der Waals surface area contributed by atoms with Gasteiger partial charge in [0.05, 0.1) is 5.69 Å². The van der Waals surface area contributed by atoms with Crippen molar-refractivity contribution in [3.63, 3.8) is 0 Å². The molecule has 0 unspecified atom stereocenters.